The van der Waals surface area contributed by atoms with Crippen LogP contribution in [0.5, 0.6) is 0 Å². The van der Waals surface area contributed by atoms with Crippen molar-refractivity contribution in [3.05, 3.63) is 18.2 Å². The van der Waals surface area contributed by atoms with E-state index in [4.69, 9.17) is 4.74 Å². The summed E-state index contributed by atoms with van der Waals surface area (Å²) in [6.45, 7) is 7.74. The fourth-order valence-electron chi connectivity index (χ4n) is 9.16. The van der Waals surface area contributed by atoms with Gasteiger partial charge in [-0.3, -0.25) is 4.79 Å². The minimum atomic E-state index is -0.519. The molecule has 0 bridgehead atoms. The van der Waals surface area contributed by atoms with Crippen molar-refractivity contribution in [1.29, 1.82) is 0 Å². The number of nitrogens with zero attached hydrogens (tertiary/aromatic N) is 2. The molecule has 5 rings (SSSR count). The molecule has 0 amide bonds. The van der Waals surface area contributed by atoms with Crippen LogP contribution in [0.25, 0.3) is 0 Å². The zero-order valence-corrected chi connectivity index (χ0v) is 20.5. The number of carbonyl (C=O) groups excluding carboxylic acids is 1. The van der Waals surface area contributed by atoms with Gasteiger partial charge in [0.05, 0.1) is 30.8 Å². The van der Waals surface area contributed by atoms with Gasteiger partial charge in [0.2, 0.25) is 0 Å². The average molecular weight is 443 g/mol. The molecular formula is C27H42N2O3. The summed E-state index contributed by atoms with van der Waals surface area (Å²) in [6.07, 6.45) is 13.8. The minimum Gasteiger partial charge on any atom is -0.390 e. The summed E-state index contributed by atoms with van der Waals surface area (Å²) >= 11 is 0. The van der Waals surface area contributed by atoms with E-state index in [-0.39, 0.29) is 16.7 Å². The monoisotopic (exact) mass is 442 g/mol. The van der Waals surface area contributed by atoms with Crippen LogP contribution in [0, 0.1) is 47.3 Å². The van der Waals surface area contributed by atoms with E-state index in [0.717, 1.165) is 44.4 Å². The second kappa shape index (κ2) is 7.94. The number of methoxy groups -OCH3 is 1. The van der Waals surface area contributed by atoms with Crippen molar-refractivity contribution >= 4 is 5.78 Å². The second-order valence-electron chi connectivity index (χ2n) is 12.3. The lowest BCUT2D eigenvalue weighted by Gasteiger charge is -2.62. The number of ketones is 1. The number of hydrogen-bond donors (Lipinski definition) is 1. The quantitative estimate of drug-likeness (QED) is 0.712. The first-order chi connectivity index (χ1) is 15.2. The third-order valence-corrected chi connectivity index (χ3v) is 10.6. The molecule has 4 saturated carbocycles. The topological polar surface area (TPSA) is 64.3 Å². The van der Waals surface area contributed by atoms with Crippen LogP contribution >= 0.6 is 0 Å². The highest BCUT2D eigenvalue weighted by Gasteiger charge is 2.63. The van der Waals surface area contributed by atoms with E-state index >= 15 is 0 Å². The number of carbonyl (C=O) groups is 1. The maximum Gasteiger partial charge on any atom is 0.156 e. The molecule has 0 saturated heterocycles. The Morgan fingerprint density at radius 3 is 2.69 bits per heavy atom. The first kappa shape index (κ1) is 22.6. The lowest BCUT2D eigenvalue weighted by Crippen LogP contribution is -2.58. The van der Waals surface area contributed by atoms with Gasteiger partial charge in [0, 0.05) is 19.2 Å². The van der Waals surface area contributed by atoms with Crippen LogP contribution in [0.4, 0.5) is 0 Å². The summed E-state index contributed by atoms with van der Waals surface area (Å²) in [5.41, 5.74) is 0.807. The molecule has 0 aliphatic heterocycles. The Hall–Kier alpha value is -1.20. The summed E-state index contributed by atoms with van der Waals surface area (Å²) in [7, 11) is 1.86. The maximum absolute atomic E-state index is 13.4. The van der Waals surface area contributed by atoms with Gasteiger partial charge in [-0.2, -0.15) is 0 Å². The first-order valence-corrected chi connectivity index (χ1v) is 12.9. The van der Waals surface area contributed by atoms with Gasteiger partial charge in [0.15, 0.2) is 5.78 Å². The summed E-state index contributed by atoms with van der Waals surface area (Å²) in [6, 6.07) is 0. The fourth-order valence-corrected chi connectivity index (χ4v) is 9.16. The molecule has 5 nitrogen and oxygen atoms in total. The smallest absolute Gasteiger partial charge is 0.156 e. The Bertz CT molecular complexity index is 863. The second-order valence-corrected chi connectivity index (χ2v) is 12.3. The standard InChI is InChI=1S/C27H42N2O3/c1-18-14-29(17-28-18)15-24(30)23-8-7-21-20-6-5-19-13-25(2,31)11-12-27(19,16-32-4)22(20)9-10-26(21,23)3/h14,17,19-23,31H,5-13,15-16H2,1-4H3/t19-,20+,21+,22+,23-,25-,26+,27-/m1/s1. The van der Waals surface area contributed by atoms with Crippen molar-refractivity contribution < 1.29 is 14.6 Å². The van der Waals surface area contributed by atoms with Crippen LogP contribution in [0.2, 0.25) is 0 Å². The van der Waals surface area contributed by atoms with Crippen molar-refractivity contribution in [2.75, 3.05) is 13.7 Å². The Morgan fingerprint density at radius 2 is 1.97 bits per heavy atom. The maximum atomic E-state index is 13.4. The number of Topliss-reactive ketones (excluding diaryl/α,β-unsaturated/α-hetero) is 1. The Kier molecular flexibility index (Phi) is 5.60. The van der Waals surface area contributed by atoms with E-state index < -0.39 is 5.60 Å². The predicted molar refractivity (Wildman–Crippen MR) is 124 cm³/mol. The molecule has 5 heteroatoms. The van der Waals surface area contributed by atoms with Crippen molar-refractivity contribution in [2.45, 2.75) is 90.7 Å². The largest absolute Gasteiger partial charge is 0.390 e. The Labute approximate surface area is 193 Å². The van der Waals surface area contributed by atoms with Crippen molar-refractivity contribution in [3.8, 4) is 0 Å². The van der Waals surface area contributed by atoms with Gasteiger partial charge in [-0.05, 0) is 106 Å². The van der Waals surface area contributed by atoms with Crippen LogP contribution in [-0.2, 0) is 16.1 Å². The highest BCUT2D eigenvalue weighted by Crippen LogP contribution is 2.68. The van der Waals surface area contributed by atoms with E-state index in [1.165, 1.54) is 25.7 Å². The number of hydrogen-bond acceptors (Lipinski definition) is 4. The summed E-state index contributed by atoms with van der Waals surface area (Å²) in [5.74, 6) is 3.19. The zero-order valence-electron chi connectivity index (χ0n) is 20.5. The Balaban J connectivity index is 1.37. The molecule has 0 radical (unpaired) electrons. The summed E-state index contributed by atoms with van der Waals surface area (Å²) < 4.78 is 7.84. The molecule has 178 valence electrons. The van der Waals surface area contributed by atoms with Crippen LogP contribution < -0.4 is 0 Å². The zero-order chi connectivity index (χ0) is 22.7. The molecule has 1 aromatic rings. The normalized spacial score (nSPS) is 45.7. The number of imidazole rings is 1. The van der Waals surface area contributed by atoms with Gasteiger partial charge in [-0.15, -0.1) is 0 Å². The van der Waals surface area contributed by atoms with E-state index in [2.05, 4.69) is 11.9 Å². The van der Waals surface area contributed by atoms with Gasteiger partial charge in [0.25, 0.3) is 0 Å². The number of aromatic nitrogens is 2. The van der Waals surface area contributed by atoms with Crippen LogP contribution in [0.3, 0.4) is 0 Å². The molecule has 1 aromatic heterocycles. The number of ether oxygens (including phenoxy) is 1. The number of aryl methyl sites for hydroxylation is 1. The number of fused-ring (bicyclic) bond motifs is 5. The van der Waals surface area contributed by atoms with Crippen LogP contribution in [-0.4, -0.2) is 39.8 Å². The lowest BCUT2D eigenvalue weighted by molar-refractivity contribution is -0.175. The predicted octanol–water partition coefficient (Wildman–Crippen LogP) is 4.80. The molecule has 1 heterocycles. The summed E-state index contributed by atoms with van der Waals surface area (Å²) in [5, 5.41) is 10.8. The molecule has 32 heavy (non-hydrogen) atoms. The molecule has 4 aliphatic rings. The molecule has 0 unspecified atom stereocenters. The highest BCUT2D eigenvalue weighted by molar-refractivity contribution is 5.82. The molecule has 0 aromatic carbocycles. The highest BCUT2D eigenvalue weighted by atomic mass is 16.5. The number of aliphatic hydroxyl groups is 1. The molecule has 4 aliphatic carbocycles. The van der Waals surface area contributed by atoms with Gasteiger partial charge in [-0.25, -0.2) is 4.98 Å². The average Bonchev–Trinajstić information content (AvgIpc) is 3.30. The number of rotatable bonds is 5. The van der Waals surface area contributed by atoms with Gasteiger partial charge < -0.3 is 14.4 Å². The first-order valence-electron chi connectivity index (χ1n) is 12.9. The van der Waals surface area contributed by atoms with Crippen molar-refractivity contribution in [3.63, 3.8) is 0 Å². The molecule has 1 N–H and O–H groups in total. The van der Waals surface area contributed by atoms with Crippen molar-refractivity contribution in [1.82, 2.24) is 9.55 Å². The van der Waals surface area contributed by atoms with Crippen LogP contribution in [0.1, 0.15) is 77.3 Å². The van der Waals surface area contributed by atoms with Gasteiger partial charge in [0.1, 0.15) is 0 Å². The lowest BCUT2D eigenvalue weighted by atomic mass is 9.43. The van der Waals surface area contributed by atoms with E-state index in [1.807, 2.05) is 31.7 Å². The third kappa shape index (κ3) is 3.50. The van der Waals surface area contributed by atoms with E-state index in [9.17, 15) is 9.90 Å². The Morgan fingerprint density at radius 1 is 1.16 bits per heavy atom. The molecule has 8 atom stereocenters. The molecule has 4 fully saturated rings. The third-order valence-electron chi connectivity index (χ3n) is 10.6. The minimum absolute atomic E-state index is 0.134. The SMILES string of the molecule is COC[C@]12CC[C@@](C)(O)C[C@H]1CC[C@H]1[C@@H]3CC[C@H](C(=O)Cn4cnc(C)c4)[C@@]3(C)CC[C@@H]12. The van der Waals surface area contributed by atoms with Gasteiger partial charge in [-0.1, -0.05) is 6.92 Å². The van der Waals surface area contributed by atoms with E-state index in [0.29, 0.717) is 36.0 Å². The van der Waals surface area contributed by atoms with E-state index in [1.54, 1.807) is 6.33 Å². The van der Waals surface area contributed by atoms with Crippen LogP contribution in [0.15, 0.2) is 12.5 Å². The molecular weight excluding hydrogens is 400 g/mol. The van der Waals surface area contributed by atoms with Crippen molar-refractivity contribution in [2.24, 2.45) is 40.4 Å². The van der Waals surface area contributed by atoms with Gasteiger partial charge >= 0.3 is 0 Å². The summed E-state index contributed by atoms with van der Waals surface area (Å²) in [4.78, 5) is 17.7. The fraction of sp³-hybridized carbons (Fsp3) is 0.852. The molecule has 0 spiro atoms.